The quantitative estimate of drug-likeness (QED) is 0.807. The van der Waals surface area contributed by atoms with Crippen molar-refractivity contribution in [2.45, 2.75) is 18.9 Å². The highest BCUT2D eigenvalue weighted by Gasteiger charge is 2.15. The minimum absolute atomic E-state index is 0.448. The molecule has 0 bridgehead atoms. The first-order valence-electron chi connectivity index (χ1n) is 7.99. The Balaban J connectivity index is 1.67. The molecule has 6 nitrogen and oxygen atoms in total. The maximum absolute atomic E-state index is 5.41. The van der Waals surface area contributed by atoms with Gasteiger partial charge in [-0.2, -0.15) is 0 Å². The largest absolute Gasteiger partial charge is 0.381 e. The number of nitrogens with zero attached hydrogens (tertiary/aromatic N) is 4. The molecule has 1 saturated heterocycles. The first-order chi connectivity index (χ1) is 11.2. The molecule has 4 rings (SSSR count). The molecule has 0 aromatic carbocycles. The topological polar surface area (TPSA) is 56.9 Å². The van der Waals surface area contributed by atoms with E-state index in [9.17, 15) is 0 Å². The zero-order valence-corrected chi connectivity index (χ0v) is 13.5. The smallest absolute Gasteiger partial charge is 0.128 e. The lowest BCUT2D eigenvalue weighted by Gasteiger charge is -2.23. The fourth-order valence-corrected chi connectivity index (χ4v) is 3.15. The zero-order chi connectivity index (χ0) is 15.8. The maximum Gasteiger partial charge on any atom is 0.128 e. The molecule has 3 aromatic heterocycles. The van der Waals surface area contributed by atoms with Crippen molar-refractivity contribution in [3.63, 3.8) is 0 Å². The highest BCUT2D eigenvalue weighted by molar-refractivity contribution is 5.87. The van der Waals surface area contributed by atoms with Crippen molar-refractivity contribution in [1.29, 1.82) is 0 Å². The van der Waals surface area contributed by atoms with E-state index in [-0.39, 0.29) is 0 Å². The molecule has 0 atom stereocenters. The van der Waals surface area contributed by atoms with Crippen LogP contribution in [0.2, 0.25) is 0 Å². The summed E-state index contributed by atoms with van der Waals surface area (Å²) < 4.78 is 9.54. The van der Waals surface area contributed by atoms with Gasteiger partial charge in [-0.15, -0.1) is 0 Å². The van der Waals surface area contributed by atoms with E-state index in [1.807, 2.05) is 30.3 Å². The third-order valence-electron chi connectivity index (χ3n) is 4.47. The minimum Gasteiger partial charge on any atom is -0.381 e. The van der Waals surface area contributed by atoms with Gasteiger partial charge in [0.15, 0.2) is 0 Å². The van der Waals surface area contributed by atoms with Crippen molar-refractivity contribution in [3.8, 4) is 11.4 Å². The highest BCUT2D eigenvalue weighted by Crippen LogP contribution is 2.27. The summed E-state index contributed by atoms with van der Waals surface area (Å²) in [4.78, 5) is 9.01. The first-order valence-corrected chi connectivity index (χ1v) is 7.99. The van der Waals surface area contributed by atoms with Crippen molar-refractivity contribution in [1.82, 2.24) is 19.1 Å². The molecule has 6 heteroatoms. The summed E-state index contributed by atoms with van der Waals surface area (Å²) in [7, 11) is 4.06. The maximum atomic E-state index is 5.41. The number of ether oxygens (including phenoxy) is 1. The lowest BCUT2D eigenvalue weighted by Crippen LogP contribution is -2.28. The highest BCUT2D eigenvalue weighted by atomic mass is 16.5. The van der Waals surface area contributed by atoms with Crippen LogP contribution in [-0.4, -0.2) is 38.4 Å². The fourth-order valence-electron chi connectivity index (χ4n) is 3.15. The van der Waals surface area contributed by atoms with E-state index < -0.39 is 0 Å². The van der Waals surface area contributed by atoms with Gasteiger partial charge < -0.3 is 19.2 Å². The summed E-state index contributed by atoms with van der Waals surface area (Å²) in [6.07, 6.45) is 7.85. The molecule has 0 spiro atoms. The van der Waals surface area contributed by atoms with Crippen molar-refractivity contribution in [2.75, 3.05) is 18.5 Å². The minimum atomic E-state index is 0.448. The lowest BCUT2D eigenvalue weighted by molar-refractivity contribution is 0.0904. The Morgan fingerprint density at radius 2 is 2.00 bits per heavy atom. The lowest BCUT2D eigenvalue weighted by atomic mass is 10.1. The van der Waals surface area contributed by atoms with E-state index >= 15 is 0 Å². The van der Waals surface area contributed by atoms with Crippen LogP contribution >= 0.6 is 0 Å². The van der Waals surface area contributed by atoms with Gasteiger partial charge in [0.2, 0.25) is 0 Å². The number of hydrogen-bond acceptors (Lipinski definition) is 4. The number of pyridine rings is 1. The number of aryl methyl sites for hydroxylation is 2. The van der Waals surface area contributed by atoms with Gasteiger partial charge in [0.05, 0.1) is 17.5 Å². The molecule has 0 radical (unpaired) electrons. The molecule has 3 aromatic rings. The summed E-state index contributed by atoms with van der Waals surface area (Å²) in [5.74, 6) is 0.929. The summed E-state index contributed by atoms with van der Waals surface area (Å²) in [6, 6.07) is 4.71. The fraction of sp³-hybridized carbons (Fsp3) is 0.412. The summed E-state index contributed by atoms with van der Waals surface area (Å²) in [5.41, 5.74) is 3.24. The van der Waals surface area contributed by atoms with E-state index in [4.69, 9.17) is 4.74 Å². The van der Waals surface area contributed by atoms with Crippen LogP contribution in [0.3, 0.4) is 0 Å². The molecule has 1 aliphatic rings. The van der Waals surface area contributed by atoms with Gasteiger partial charge in [0, 0.05) is 57.2 Å². The van der Waals surface area contributed by atoms with Crippen molar-refractivity contribution in [3.05, 3.63) is 30.9 Å². The molecule has 4 heterocycles. The second kappa shape index (κ2) is 5.70. The number of imidazole rings is 1. The predicted octanol–water partition coefficient (Wildman–Crippen LogP) is 2.56. The van der Waals surface area contributed by atoms with Crippen molar-refractivity contribution >= 4 is 16.7 Å². The molecule has 1 fully saturated rings. The molecule has 0 saturated carbocycles. The van der Waals surface area contributed by atoms with Gasteiger partial charge in [-0.25, -0.2) is 9.97 Å². The van der Waals surface area contributed by atoms with E-state index in [1.54, 1.807) is 0 Å². The molecule has 1 N–H and O–H groups in total. The Morgan fingerprint density at radius 1 is 1.17 bits per heavy atom. The molecule has 23 heavy (non-hydrogen) atoms. The van der Waals surface area contributed by atoms with Crippen LogP contribution in [0.4, 0.5) is 5.82 Å². The molecule has 120 valence electrons. The second-order valence-corrected chi connectivity index (χ2v) is 6.17. The molecule has 1 aliphatic heterocycles. The van der Waals surface area contributed by atoms with E-state index in [0.717, 1.165) is 54.2 Å². The molecule has 0 unspecified atom stereocenters. The number of hydrogen-bond donors (Lipinski definition) is 1. The third kappa shape index (κ3) is 2.70. The molecular weight excluding hydrogens is 290 g/mol. The first kappa shape index (κ1) is 14.3. The van der Waals surface area contributed by atoms with E-state index in [0.29, 0.717) is 6.04 Å². The average Bonchev–Trinajstić information content (AvgIpc) is 3.13. The second-order valence-electron chi connectivity index (χ2n) is 6.17. The van der Waals surface area contributed by atoms with Gasteiger partial charge in [-0.05, 0) is 18.9 Å². The third-order valence-corrected chi connectivity index (χ3v) is 4.47. The Kier molecular flexibility index (Phi) is 3.53. The number of aromatic nitrogens is 4. The predicted molar refractivity (Wildman–Crippen MR) is 90.4 cm³/mol. The summed E-state index contributed by atoms with van der Waals surface area (Å²) >= 11 is 0. The Labute approximate surface area is 135 Å². The van der Waals surface area contributed by atoms with Gasteiger partial charge in [-0.1, -0.05) is 0 Å². The SMILES string of the molecule is Cn1cnc(-c2cc3cnc(NC4CCOCC4)cc3n2C)c1. The van der Waals surface area contributed by atoms with Crippen LogP contribution in [-0.2, 0) is 18.8 Å². The van der Waals surface area contributed by atoms with Crippen LogP contribution in [0.25, 0.3) is 22.3 Å². The standard InChI is InChI=1S/C17H21N5O/c1-21-10-14(19-11-21)16-7-12-9-18-17(8-15(12)22(16)2)20-13-3-5-23-6-4-13/h7-11,13H,3-6H2,1-2H3,(H,18,20). The van der Waals surface area contributed by atoms with Gasteiger partial charge in [0.25, 0.3) is 0 Å². The Bertz CT molecular complexity index is 829. The van der Waals surface area contributed by atoms with Crippen molar-refractivity contribution in [2.24, 2.45) is 14.1 Å². The molecule has 0 aliphatic carbocycles. The number of fused-ring (bicyclic) bond motifs is 1. The van der Waals surface area contributed by atoms with Crippen LogP contribution in [0.5, 0.6) is 0 Å². The summed E-state index contributed by atoms with van der Waals surface area (Å²) in [6.45, 7) is 1.65. The number of anilines is 1. The number of nitrogens with one attached hydrogen (secondary N) is 1. The van der Waals surface area contributed by atoms with E-state index in [2.05, 4.69) is 39.0 Å². The monoisotopic (exact) mass is 311 g/mol. The normalized spacial score (nSPS) is 16.1. The van der Waals surface area contributed by atoms with Crippen LogP contribution in [0, 0.1) is 0 Å². The van der Waals surface area contributed by atoms with E-state index in [1.165, 1.54) is 0 Å². The van der Waals surface area contributed by atoms with Gasteiger partial charge in [0.1, 0.15) is 11.5 Å². The zero-order valence-electron chi connectivity index (χ0n) is 13.5. The van der Waals surface area contributed by atoms with Gasteiger partial charge >= 0.3 is 0 Å². The summed E-state index contributed by atoms with van der Waals surface area (Å²) in [5, 5.41) is 4.66. The molecular formula is C17H21N5O. The van der Waals surface area contributed by atoms with Crippen molar-refractivity contribution < 1.29 is 4.74 Å². The van der Waals surface area contributed by atoms with Crippen LogP contribution < -0.4 is 5.32 Å². The average molecular weight is 311 g/mol. The molecule has 0 amide bonds. The Morgan fingerprint density at radius 3 is 2.74 bits per heavy atom. The van der Waals surface area contributed by atoms with Crippen LogP contribution in [0.1, 0.15) is 12.8 Å². The Hall–Kier alpha value is -2.34. The van der Waals surface area contributed by atoms with Gasteiger partial charge in [-0.3, -0.25) is 0 Å². The van der Waals surface area contributed by atoms with Crippen LogP contribution in [0.15, 0.2) is 30.9 Å². The number of rotatable bonds is 3.